The standard InChI is InChI=1S/C14H12ClN3O/c15-9-4-1-2-7-12(9)19-8-13-17-11-6-3-5-10(16)14(11)18-13/h1-7H,8,16H2,(H,17,18). The molecule has 0 radical (unpaired) electrons. The van der Waals surface area contributed by atoms with Crippen molar-refractivity contribution in [3.63, 3.8) is 0 Å². The number of anilines is 1. The van der Waals surface area contributed by atoms with Gasteiger partial charge in [0.2, 0.25) is 0 Å². The summed E-state index contributed by atoms with van der Waals surface area (Å²) in [6.45, 7) is 0.317. The van der Waals surface area contributed by atoms with Gasteiger partial charge < -0.3 is 15.5 Å². The van der Waals surface area contributed by atoms with Gasteiger partial charge in [0.05, 0.1) is 16.2 Å². The highest BCUT2D eigenvalue weighted by molar-refractivity contribution is 6.32. The largest absolute Gasteiger partial charge is 0.484 e. The fraction of sp³-hybridized carbons (Fsp3) is 0.0714. The molecule has 0 aliphatic carbocycles. The van der Waals surface area contributed by atoms with E-state index in [0.29, 0.717) is 28.9 Å². The average molecular weight is 274 g/mol. The normalized spacial score (nSPS) is 10.8. The number of nitrogens with one attached hydrogen (secondary N) is 1. The summed E-state index contributed by atoms with van der Waals surface area (Å²) in [6.07, 6.45) is 0. The molecule has 0 saturated heterocycles. The lowest BCUT2D eigenvalue weighted by Gasteiger charge is -2.05. The lowest BCUT2D eigenvalue weighted by molar-refractivity contribution is 0.298. The van der Waals surface area contributed by atoms with Crippen molar-refractivity contribution in [2.75, 3.05) is 5.73 Å². The highest BCUT2D eigenvalue weighted by Gasteiger charge is 2.06. The van der Waals surface area contributed by atoms with Gasteiger partial charge in [-0.2, -0.15) is 0 Å². The number of hydrogen-bond donors (Lipinski definition) is 2. The number of ether oxygens (including phenoxy) is 1. The van der Waals surface area contributed by atoms with E-state index in [0.717, 1.165) is 11.0 Å². The molecule has 0 aliphatic heterocycles. The molecule has 0 atom stereocenters. The first-order valence-electron chi connectivity index (χ1n) is 5.84. The zero-order valence-electron chi connectivity index (χ0n) is 10.1. The predicted octanol–water partition coefficient (Wildman–Crippen LogP) is 3.38. The van der Waals surface area contributed by atoms with Gasteiger partial charge in [-0.25, -0.2) is 4.98 Å². The third-order valence-corrected chi connectivity index (χ3v) is 3.11. The van der Waals surface area contributed by atoms with Gasteiger partial charge in [-0.05, 0) is 24.3 Å². The molecule has 0 saturated carbocycles. The fourth-order valence-electron chi connectivity index (χ4n) is 1.88. The number of nitrogens with zero attached hydrogens (tertiary/aromatic N) is 1. The molecule has 0 amide bonds. The molecule has 2 aromatic carbocycles. The Labute approximate surface area is 115 Å². The fourth-order valence-corrected chi connectivity index (χ4v) is 2.07. The molecule has 3 aromatic rings. The van der Waals surface area contributed by atoms with Crippen LogP contribution < -0.4 is 10.5 Å². The maximum Gasteiger partial charge on any atom is 0.146 e. The van der Waals surface area contributed by atoms with Crippen LogP contribution in [0.1, 0.15) is 5.82 Å². The Morgan fingerprint density at radius 1 is 1.16 bits per heavy atom. The van der Waals surface area contributed by atoms with E-state index in [2.05, 4.69) is 9.97 Å². The zero-order chi connectivity index (χ0) is 13.2. The Morgan fingerprint density at radius 3 is 2.79 bits per heavy atom. The summed E-state index contributed by atoms with van der Waals surface area (Å²) in [5.74, 6) is 1.35. The second-order valence-electron chi connectivity index (χ2n) is 4.15. The van der Waals surface area contributed by atoms with Gasteiger partial charge in [0.1, 0.15) is 23.7 Å². The maximum atomic E-state index is 6.02. The number of fused-ring (bicyclic) bond motifs is 1. The van der Waals surface area contributed by atoms with Crippen LogP contribution in [0.4, 0.5) is 5.69 Å². The molecule has 1 heterocycles. The Bertz CT molecular complexity index is 724. The van der Waals surface area contributed by atoms with Crippen molar-refractivity contribution in [3.8, 4) is 5.75 Å². The molecular weight excluding hydrogens is 262 g/mol. The summed E-state index contributed by atoms with van der Waals surface area (Å²) in [5, 5.41) is 0.582. The topological polar surface area (TPSA) is 63.9 Å². The van der Waals surface area contributed by atoms with E-state index in [1.54, 1.807) is 6.07 Å². The maximum absolute atomic E-state index is 6.02. The van der Waals surface area contributed by atoms with Gasteiger partial charge in [-0.1, -0.05) is 29.8 Å². The van der Waals surface area contributed by atoms with Crippen molar-refractivity contribution in [2.45, 2.75) is 6.61 Å². The Kier molecular flexibility index (Phi) is 3.01. The lowest BCUT2D eigenvalue weighted by atomic mass is 10.3. The SMILES string of the molecule is Nc1cccc2[nH]c(COc3ccccc3Cl)nc12. The minimum Gasteiger partial charge on any atom is -0.484 e. The number of hydrogen-bond acceptors (Lipinski definition) is 3. The first-order chi connectivity index (χ1) is 9.24. The Morgan fingerprint density at radius 2 is 2.00 bits per heavy atom. The number of aromatic amines is 1. The number of H-pyrrole nitrogens is 1. The number of rotatable bonds is 3. The summed E-state index contributed by atoms with van der Waals surface area (Å²) in [5.41, 5.74) is 8.17. The van der Waals surface area contributed by atoms with Gasteiger partial charge in [0, 0.05) is 0 Å². The molecule has 5 heteroatoms. The van der Waals surface area contributed by atoms with E-state index in [4.69, 9.17) is 22.1 Å². The van der Waals surface area contributed by atoms with E-state index < -0.39 is 0 Å². The summed E-state index contributed by atoms with van der Waals surface area (Å²) < 4.78 is 5.63. The third-order valence-electron chi connectivity index (χ3n) is 2.79. The molecule has 19 heavy (non-hydrogen) atoms. The van der Waals surface area contributed by atoms with Crippen LogP contribution in [0.25, 0.3) is 11.0 Å². The van der Waals surface area contributed by atoms with Crippen LogP contribution in [-0.2, 0) is 6.61 Å². The van der Waals surface area contributed by atoms with Crippen LogP contribution in [0, 0.1) is 0 Å². The van der Waals surface area contributed by atoms with Gasteiger partial charge in [-0.3, -0.25) is 0 Å². The predicted molar refractivity (Wildman–Crippen MR) is 76.3 cm³/mol. The molecule has 0 unspecified atom stereocenters. The van der Waals surface area contributed by atoms with Crippen molar-refractivity contribution in [1.29, 1.82) is 0 Å². The van der Waals surface area contributed by atoms with E-state index in [9.17, 15) is 0 Å². The van der Waals surface area contributed by atoms with Crippen LogP contribution in [0.5, 0.6) is 5.75 Å². The molecule has 0 aliphatic rings. The third kappa shape index (κ3) is 2.35. The number of nitrogen functional groups attached to an aromatic ring is 1. The molecule has 3 N–H and O–H groups in total. The Hall–Kier alpha value is -2.20. The van der Waals surface area contributed by atoms with Crippen molar-refractivity contribution in [3.05, 3.63) is 53.3 Å². The number of para-hydroxylation sites is 2. The van der Waals surface area contributed by atoms with Gasteiger partial charge in [-0.15, -0.1) is 0 Å². The van der Waals surface area contributed by atoms with E-state index in [1.165, 1.54) is 0 Å². The second-order valence-corrected chi connectivity index (χ2v) is 4.55. The molecular formula is C14H12ClN3O. The highest BCUT2D eigenvalue weighted by Crippen LogP contribution is 2.24. The van der Waals surface area contributed by atoms with Crippen molar-refractivity contribution < 1.29 is 4.74 Å². The number of nitrogens with two attached hydrogens (primary N) is 1. The molecule has 0 fully saturated rings. The second kappa shape index (κ2) is 4.82. The zero-order valence-corrected chi connectivity index (χ0v) is 10.8. The quantitative estimate of drug-likeness (QED) is 0.719. The number of benzene rings is 2. The molecule has 0 spiro atoms. The van der Waals surface area contributed by atoms with Crippen LogP contribution in [0.2, 0.25) is 5.02 Å². The minimum atomic E-state index is 0.317. The molecule has 0 bridgehead atoms. The van der Waals surface area contributed by atoms with Crippen LogP contribution >= 0.6 is 11.6 Å². The molecule has 96 valence electrons. The van der Waals surface area contributed by atoms with Crippen molar-refractivity contribution in [1.82, 2.24) is 9.97 Å². The van der Waals surface area contributed by atoms with Gasteiger partial charge >= 0.3 is 0 Å². The van der Waals surface area contributed by atoms with Crippen LogP contribution in [0.3, 0.4) is 0 Å². The van der Waals surface area contributed by atoms with Crippen molar-refractivity contribution >= 4 is 28.3 Å². The first kappa shape index (κ1) is 11.9. The summed E-state index contributed by atoms with van der Waals surface area (Å²) >= 11 is 6.02. The first-order valence-corrected chi connectivity index (χ1v) is 6.22. The Balaban J connectivity index is 1.83. The van der Waals surface area contributed by atoms with Gasteiger partial charge in [0.25, 0.3) is 0 Å². The summed E-state index contributed by atoms with van der Waals surface area (Å²) in [7, 11) is 0. The monoisotopic (exact) mass is 273 g/mol. The summed E-state index contributed by atoms with van der Waals surface area (Å²) in [4.78, 5) is 7.58. The van der Waals surface area contributed by atoms with Crippen molar-refractivity contribution in [2.24, 2.45) is 0 Å². The smallest absolute Gasteiger partial charge is 0.146 e. The number of imidazole rings is 1. The van der Waals surface area contributed by atoms with E-state index in [1.807, 2.05) is 36.4 Å². The lowest BCUT2D eigenvalue weighted by Crippen LogP contribution is -1.97. The van der Waals surface area contributed by atoms with E-state index in [-0.39, 0.29) is 0 Å². The number of aromatic nitrogens is 2. The summed E-state index contributed by atoms with van der Waals surface area (Å²) in [6, 6.07) is 13.0. The van der Waals surface area contributed by atoms with Crippen LogP contribution in [0.15, 0.2) is 42.5 Å². The molecule has 1 aromatic heterocycles. The molecule has 3 rings (SSSR count). The minimum absolute atomic E-state index is 0.317. The average Bonchev–Trinajstić information content (AvgIpc) is 2.82. The number of halogens is 1. The van der Waals surface area contributed by atoms with Gasteiger partial charge in [0.15, 0.2) is 0 Å². The van der Waals surface area contributed by atoms with Crippen LogP contribution in [-0.4, -0.2) is 9.97 Å². The molecule has 4 nitrogen and oxygen atoms in total. The van der Waals surface area contributed by atoms with E-state index >= 15 is 0 Å². The highest BCUT2D eigenvalue weighted by atomic mass is 35.5.